The van der Waals surface area contributed by atoms with Gasteiger partial charge in [0.1, 0.15) is 0 Å². The maximum absolute atomic E-state index is 6.49. The van der Waals surface area contributed by atoms with Crippen LogP contribution in [-0.2, 0) is 0 Å². The monoisotopic (exact) mass is 335 g/mol. The summed E-state index contributed by atoms with van der Waals surface area (Å²) in [7, 11) is 0. The SMILES string of the molecule is Clc1ccc(C(c2cccnc2)N2CCCNCC2)c(Cl)c1. The summed E-state index contributed by atoms with van der Waals surface area (Å²) in [5.41, 5.74) is 2.24. The van der Waals surface area contributed by atoms with E-state index < -0.39 is 0 Å². The van der Waals surface area contributed by atoms with Crippen LogP contribution in [0.2, 0.25) is 10.0 Å². The summed E-state index contributed by atoms with van der Waals surface area (Å²) in [6.45, 7) is 4.07. The van der Waals surface area contributed by atoms with Crippen molar-refractivity contribution in [2.24, 2.45) is 0 Å². The van der Waals surface area contributed by atoms with E-state index in [2.05, 4.69) is 21.3 Å². The summed E-state index contributed by atoms with van der Waals surface area (Å²) in [5, 5.41) is 4.82. The van der Waals surface area contributed by atoms with Crippen molar-refractivity contribution in [1.29, 1.82) is 0 Å². The first-order valence-corrected chi connectivity index (χ1v) is 8.31. The van der Waals surface area contributed by atoms with Gasteiger partial charge < -0.3 is 5.32 Å². The summed E-state index contributed by atoms with van der Waals surface area (Å²) < 4.78 is 0. The fraction of sp³-hybridized carbons (Fsp3) is 0.353. The lowest BCUT2D eigenvalue weighted by Gasteiger charge is -2.31. The van der Waals surface area contributed by atoms with Gasteiger partial charge in [-0.1, -0.05) is 35.3 Å². The summed E-state index contributed by atoms with van der Waals surface area (Å²) in [6, 6.07) is 9.95. The minimum absolute atomic E-state index is 0.110. The lowest BCUT2D eigenvalue weighted by Crippen LogP contribution is -2.33. The molecule has 1 fully saturated rings. The number of benzene rings is 1. The van der Waals surface area contributed by atoms with Gasteiger partial charge in [-0.25, -0.2) is 0 Å². The molecule has 1 unspecified atom stereocenters. The maximum atomic E-state index is 6.49. The highest BCUT2D eigenvalue weighted by molar-refractivity contribution is 6.35. The molecule has 0 bridgehead atoms. The topological polar surface area (TPSA) is 28.2 Å². The number of nitrogens with zero attached hydrogens (tertiary/aromatic N) is 2. The molecule has 0 radical (unpaired) electrons. The molecule has 1 aromatic carbocycles. The second-order valence-corrected chi connectivity index (χ2v) is 6.34. The molecule has 1 aromatic heterocycles. The summed E-state index contributed by atoms with van der Waals surface area (Å²) in [4.78, 5) is 6.75. The van der Waals surface area contributed by atoms with Crippen LogP contribution in [0.25, 0.3) is 0 Å². The number of halogens is 2. The fourth-order valence-electron chi connectivity index (χ4n) is 2.97. The van der Waals surface area contributed by atoms with Gasteiger partial charge in [0, 0.05) is 42.1 Å². The smallest absolute Gasteiger partial charge is 0.0632 e. The first-order chi connectivity index (χ1) is 10.8. The summed E-state index contributed by atoms with van der Waals surface area (Å²) >= 11 is 12.5. The predicted molar refractivity (Wildman–Crippen MR) is 91.6 cm³/mol. The zero-order chi connectivity index (χ0) is 15.4. The van der Waals surface area contributed by atoms with E-state index in [-0.39, 0.29) is 6.04 Å². The number of hydrogen-bond donors (Lipinski definition) is 1. The second-order valence-electron chi connectivity index (χ2n) is 5.49. The Morgan fingerprint density at radius 1 is 1.14 bits per heavy atom. The predicted octanol–water partition coefficient (Wildman–Crippen LogP) is 3.77. The number of nitrogens with one attached hydrogen (secondary N) is 1. The molecule has 1 atom stereocenters. The van der Waals surface area contributed by atoms with E-state index in [1.165, 1.54) is 0 Å². The number of rotatable bonds is 3. The molecule has 116 valence electrons. The Hall–Kier alpha value is -1.13. The van der Waals surface area contributed by atoms with Crippen LogP contribution >= 0.6 is 23.2 Å². The van der Waals surface area contributed by atoms with Crippen LogP contribution in [0.15, 0.2) is 42.7 Å². The van der Waals surface area contributed by atoms with E-state index in [0.717, 1.165) is 43.7 Å². The Labute approximate surface area is 141 Å². The largest absolute Gasteiger partial charge is 0.315 e. The number of aromatic nitrogens is 1. The van der Waals surface area contributed by atoms with Crippen molar-refractivity contribution in [3.05, 3.63) is 63.9 Å². The average molecular weight is 336 g/mol. The van der Waals surface area contributed by atoms with Crippen molar-refractivity contribution in [3.8, 4) is 0 Å². The molecule has 22 heavy (non-hydrogen) atoms. The van der Waals surface area contributed by atoms with Crippen LogP contribution in [0.1, 0.15) is 23.6 Å². The summed E-state index contributed by atoms with van der Waals surface area (Å²) in [5.74, 6) is 0. The highest BCUT2D eigenvalue weighted by Gasteiger charge is 2.25. The standard InChI is InChI=1S/C17H19Cl2N3/c18-14-4-5-15(16(19)11-14)17(13-3-1-6-21-12-13)22-9-2-7-20-8-10-22/h1,3-6,11-12,17,20H,2,7-10H2. The van der Waals surface area contributed by atoms with Gasteiger partial charge in [-0.15, -0.1) is 0 Å². The van der Waals surface area contributed by atoms with Crippen LogP contribution < -0.4 is 5.32 Å². The fourth-order valence-corrected chi connectivity index (χ4v) is 3.48. The maximum Gasteiger partial charge on any atom is 0.0632 e. The molecule has 0 aliphatic carbocycles. The number of pyridine rings is 1. The van der Waals surface area contributed by atoms with Gasteiger partial charge in [-0.2, -0.15) is 0 Å². The van der Waals surface area contributed by atoms with Crippen molar-refractivity contribution >= 4 is 23.2 Å². The van der Waals surface area contributed by atoms with Crippen LogP contribution in [0.3, 0.4) is 0 Å². The Balaban J connectivity index is 2.02. The van der Waals surface area contributed by atoms with Gasteiger partial charge in [0.25, 0.3) is 0 Å². The normalized spacial score (nSPS) is 17.9. The van der Waals surface area contributed by atoms with Crippen molar-refractivity contribution in [1.82, 2.24) is 15.2 Å². The molecular formula is C17H19Cl2N3. The first-order valence-electron chi connectivity index (χ1n) is 7.55. The summed E-state index contributed by atoms with van der Waals surface area (Å²) in [6.07, 6.45) is 4.85. The third-order valence-corrected chi connectivity index (χ3v) is 4.56. The quantitative estimate of drug-likeness (QED) is 0.925. The molecule has 0 amide bonds. The zero-order valence-corrected chi connectivity index (χ0v) is 13.8. The van der Waals surface area contributed by atoms with Crippen LogP contribution in [-0.4, -0.2) is 36.1 Å². The lowest BCUT2D eigenvalue weighted by molar-refractivity contribution is 0.241. The highest BCUT2D eigenvalue weighted by Crippen LogP contribution is 2.34. The van der Waals surface area contributed by atoms with Crippen molar-refractivity contribution < 1.29 is 0 Å². The highest BCUT2D eigenvalue weighted by atomic mass is 35.5. The minimum Gasteiger partial charge on any atom is -0.315 e. The molecule has 1 saturated heterocycles. The number of hydrogen-bond acceptors (Lipinski definition) is 3. The molecule has 0 saturated carbocycles. The third kappa shape index (κ3) is 3.61. The zero-order valence-electron chi connectivity index (χ0n) is 12.3. The Bertz CT molecular complexity index is 611. The van der Waals surface area contributed by atoms with Crippen LogP contribution in [0.5, 0.6) is 0 Å². The Kier molecular flexibility index (Phi) is 5.32. The van der Waals surface area contributed by atoms with E-state index in [1.54, 1.807) is 6.20 Å². The van der Waals surface area contributed by atoms with Gasteiger partial charge in [-0.3, -0.25) is 9.88 Å². The van der Waals surface area contributed by atoms with E-state index >= 15 is 0 Å². The molecule has 2 heterocycles. The van der Waals surface area contributed by atoms with E-state index in [4.69, 9.17) is 23.2 Å². The van der Waals surface area contributed by atoms with Gasteiger partial charge in [0.05, 0.1) is 6.04 Å². The van der Waals surface area contributed by atoms with Crippen LogP contribution in [0.4, 0.5) is 0 Å². The lowest BCUT2D eigenvalue weighted by atomic mass is 9.98. The van der Waals surface area contributed by atoms with Crippen molar-refractivity contribution in [2.45, 2.75) is 12.5 Å². The molecule has 3 rings (SSSR count). The molecule has 3 nitrogen and oxygen atoms in total. The average Bonchev–Trinajstić information content (AvgIpc) is 2.80. The first kappa shape index (κ1) is 15.8. The molecule has 0 spiro atoms. The Morgan fingerprint density at radius 2 is 2.05 bits per heavy atom. The van der Waals surface area contributed by atoms with Gasteiger partial charge in [-0.05, 0) is 42.3 Å². The molecule has 2 aromatic rings. The third-order valence-electron chi connectivity index (χ3n) is 4.00. The molecule has 1 N–H and O–H groups in total. The van der Waals surface area contributed by atoms with Gasteiger partial charge >= 0.3 is 0 Å². The van der Waals surface area contributed by atoms with E-state index in [9.17, 15) is 0 Å². The van der Waals surface area contributed by atoms with Crippen LogP contribution in [0, 0.1) is 0 Å². The van der Waals surface area contributed by atoms with E-state index in [0.29, 0.717) is 10.0 Å². The molecule has 1 aliphatic heterocycles. The van der Waals surface area contributed by atoms with E-state index in [1.807, 2.05) is 30.5 Å². The van der Waals surface area contributed by atoms with Gasteiger partial charge in [0.15, 0.2) is 0 Å². The Morgan fingerprint density at radius 3 is 2.82 bits per heavy atom. The minimum atomic E-state index is 0.110. The van der Waals surface area contributed by atoms with Crippen molar-refractivity contribution in [2.75, 3.05) is 26.2 Å². The molecular weight excluding hydrogens is 317 g/mol. The van der Waals surface area contributed by atoms with Crippen molar-refractivity contribution in [3.63, 3.8) is 0 Å². The molecule has 5 heteroatoms. The molecule has 1 aliphatic rings. The van der Waals surface area contributed by atoms with Gasteiger partial charge in [0.2, 0.25) is 0 Å². The second kappa shape index (κ2) is 7.42.